The minimum Gasteiger partial charge on any atom is -0.369 e. The van der Waals surface area contributed by atoms with Crippen LogP contribution in [0.5, 0.6) is 0 Å². The second-order valence-corrected chi connectivity index (χ2v) is 2.81. The van der Waals surface area contributed by atoms with Crippen molar-refractivity contribution < 1.29 is 0 Å². The summed E-state index contributed by atoms with van der Waals surface area (Å²) in [4.78, 5) is 0. The van der Waals surface area contributed by atoms with Gasteiger partial charge in [-0.2, -0.15) is 5.10 Å². The van der Waals surface area contributed by atoms with Crippen LogP contribution in [0, 0.1) is 0 Å². The summed E-state index contributed by atoms with van der Waals surface area (Å²) in [6, 6.07) is 3.75. The Kier molecular flexibility index (Phi) is 4.46. The van der Waals surface area contributed by atoms with Crippen molar-refractivity contribution in [2.45, 2.75) is 12.8 Å². The van der Waals surface area contributed by atoms with E-state index in [2.05, 4.69) is 15.5 Å². The zero-order valence-electron chi connectivity index (χ0n) is 6.83. The summed E-state index contributed by atoms with van der Waals surface area (Å²) in [5, 5.41) is 10.8. The van der Waals surface area contributed by atoms with Crippen molar-refractivity contribution in [3.05, 3.63) is 18.3 Å². The van der Waals surface area contributed by atoms with Gasteiger partial charge in [-0.1, -0.05) is 0 Å². The third-order valence-corrected chi connectivity index (χ3v) is 1.71. The van der Waals surface area contributed by atoms with Crippen molar-refractivity contribution in [1.82, 2.24) is 10.2 Å². The zero-order valence-corrected chi connectivity index (χ0v) is 7.59. The molecule has 0 fully saturated rings. The molecule has 0 saturated heterocycles. The molecule has 1 aromatic heterocycles. The molecule has 0 bridgehead atoms. The van der Waals surface area contributed by atoms with Crippen LogP contribution in [0.4, 0.5) is 5.82 Å². The summed E-state index contributed by atoms with van der Waals surface area (Å²) in [6.07, 6.45) is 3.76. The number of anilines is 1. The first-order valence-corrected chi connectivity index (χ1v) is 4.54. The number of rotatable bonds is 5. The van der Waals surface area contributed by atoms with E-state index in [1.807, 2.05) is 12.1 Å². The number of unbranched alkanes of at least 4 members (excludes halogenated alkanes) is 1. The van der Waals surface area contributed by atoms with Crippen LogP contribution in [0.2, 0.25) is 0 Å². The van der Waals surface area contributed by atoms with Gasteiger partial charge in [0.15, 0.2) is 0 Å². The molecule has 4 heteroatoms. The predicted octanol–water partition coefficient (Wildman–Crippen LogP) is 1.91. The highest BCUT2D eigenvalue weighted by atomic mass is 35.5. The van der Waals surface area contributed by atoms with Crippen LogP contribution in [0.1, 0.15) is 12.8 Å². The van der Waals surface area contributed by atoms with E-state index in [-0.39, 0.29) is 0 Å². The molecule has 0 aliphatic heterocycles. The van der Waals surface area contributed by atoms with Crippen LogP contribution in [0.15, 0.2) is 18.3 Å². The van der Waals surface area contributed by atoms with Crippen LogP contribution in [-0.2, 0) is 0 Å². The van der Waals surface area contributed by atoms with E-state index in [4.69, 9.17) is 11.6 Å². The number of hydrogen-bond donors (Lipinski definition) is 1. The fourth-order valence-corrected chi connectivity index (χ4v) is 1.02. The minimum atomic E-state index is 0.724. The van der Waals surface area contributed by atoms with E-state index in [0.717, 1.165) is 31.1 Å². The zero-order chi connectivity index (χ0) is 8.65. The first-order valence-electron chi connectivity index (χ1n) is 4.01. The number of alkyl halides is 1. The Morgan fingerprint density at radius 1 is 1.42 bits per heavy atom. The molecule has 1 rings (SSSR count). The number of aromatic nitrogens is 2. The number of halogens is 1. The third kappa shape index (κ3) is 3.53. The maximum absolute atomic E-state index is 5.53. The SMILES string of the molecule is ClCCCCNc1cccnn1. The molecular formula is C8H12ClN3. The van der Waals surface area contributed by atoms with Crippen LogP contribution >= 0.6 is 11.6 Å². The summed E-state index contributed by atoms with van der Waals surface area (Å²) >= 11 is 5.53. The maximum atomic E-state index is 5.53. The highest BCUT2D eigenvalue weighted by molar-refractivity contribution is 6.17. The molecule has 12 heavy (non-hydrogen) atoms. The first-order chi connectivity index (χ1) is 5.93. The van der Waals surface area contributed by atoms with Gasteiger partial charge in [-0.15, -0.1) is 16.7 Å². The molecular weight excluding hydrogens is 174 g/mol. The van der Waals surface area contributed by atoms with Crippen LogP contribution in [0.25, 0.3) is 0 Å². The monoisotopic (exact) mass is 185 g/mol. The summed E-state index contributed by atoms with van der Waals surface area (Å²) in [6.45, 7) is 0.908. The number of nitrogens with zero attached hydrogens (tertiary/aromatic N) is 2. The van der Waals surface area contributed by atoms with E-state index >= 15 is 0 Å². The molecule has 1 aromatic rings. The van der Waals surface area contributed by atoms with Gasteiger partial charge in [-0.3, -0.25) is 0 Å². The molecule has 0 aliphatic carbocycles. The average molecular weight is 186 g/mol. The summed E-state index contributed by atoms with van der Waals surface area (Å²) in [7, 11) is 0. The molecule has 0 unspecified atom stereocenters. The quantitative estimate of drug-likeness (QED) is 0.563. The summed E-state index contributed by atoms with van der Waals surface area (Å²) in [5.41, 5.74) is 0. The molecule has 3 nitrogen and oxygen atoms in total. The summed E-state index contributed by atoms with van der Waals surface area (Å²) in [5.74, 6) is 1.55. The van der Waals surface area contributed by atoms with Crippen molar-refractivity contribution in [2.75, 3.05) is 17.7 Å². The lowest BCUT2D eigenvalue weighted by Gasteiger charge is -2.01. The van der Waals surface area contributed by atoms with Crippen molar-refractivity contribution in [3.63, 3.8) is 0 Å². The van der Waals surface area contributed by atoms with Gasteiger partial charge >= 0.3 is 0 Å². The Bertz CT molecular complexity index is 203. The van der Waals surface area contributed by atoms with Gasteiger partial charge in [0.2, 0.25) is 0 Å². The van der Waals surface area contributed by atoms with Gasteiger partial charge in [0.1, 0.15) is 5.82 Å². The lowest BCUT2D eigenvalue weighted by molar-refractivity contribution is 0.832. The lowest BCUT2D eigenvalue weighted by atomic mass is 10.3. The average Bonchev–Trinajstić information content (AvgIpc) is 2.14. The molecule has 0 spiro atoms. The van der Waals surface area contributed by atoms with Gasteiger partial charge in [0.25, 0.3) is 0 Å². The molecule has 66 valence electrons. The molecule has 0 saturated carbocycles. The fraction of sp³-hybridized carbons (Fsp3) is 0.500. The molecule has 1 N–H and O–H groups in total. The number of nitrogens with one attached hydrogen (secondary N) is 1. The molecule has 1 heterocycles. The Hall–Kier alpha value is -0.830. The smallest absolute Gasteiger partial charge is 0.148 e. The van der Waals surface area contributed by atoms with Crippen molar-refractivity contribution in [1.29, 1.82) is 0 Å². The molecule has 0 amide bonds. The standard InChI is InChI=1S/C8H12ClN3/c9-5-1-2-6-10-8-4-3-7-11-12-8/h3-4,7H,1-2,5-6H2,(H,10,12). The van der Waals surface area contributed by atoms with Crippen molar-refractivity contribution in [2.24, 2.45) is 0 Å². The second-order valence-electron chi connectivity index (χ2n) is 2.43. The predicted molar refractivity (Wildman–Crippen MR) is 50.5 cm³/mol. The molecule has 0 atom stereocenters. The Morgan fingerprint density at radius 3 is 3.00 bits per heavy atom. The van der Waals surface area contributed by atoms with E-state index in [1.54, 1.807) is 6.20 Å². The normalized spacial score (nSPS) is 9.75. The van der Waals surface area contributed by atoms with E-state index in [9.17, 15) is 0 Å². The van der Waals surface area contributed by atoms with Crippen LogP contribution < -0.4 is 5.32 Å². The highest BCUT2D eigenvalue weighted by Gasteiger charge is 1.90. The molecule has 0 radical (unpaired) electrons. The van der Waals surface area contributed by atoms with Crippen molar-refractivity contribution >= 4 is 17.4 Å². The Balaban J connectivity index is 2.16. The Morgan fingerprint density at radius 2 is 2.33 bits per heavy atom. The highest BCUT2D eigenvalue weighted by Crippen LogP contribution is 1.99. The van der Waals surface area contributed by atoms with E-state index in [1.165, 1.54) is 0 Å². The van der Waals surface area contributed by atoms with Gasteiger partial charge in [0.05, 0.1) is 0 Å². The van der Waals surface area contributed by atoms with E-state index in [0.29, 0.717) is 0 Å². The molecule has 0 aliphatic rings. The third-order valence-electron chi connectivity index (χ3n) is 1.44. The maximum Gasteiger partial charge on any atom is 0.148 e. The fourth-order valence-electron chi connectivity index (χ4n) is 0.832. The minimum absolute atomic E-state index is 0.724. The topological polar surface area (TPSA) is 37.8 Å². The molecule has 0 aromatic carbocycles. The van der Waals surface area contributed by atoms with Gasteiger partial charge in [0, 0.05) is 18.6 Å². The number of hydrogen-bond acceptors (Lipinski definition) is 3. The van der Waals surface area contributed by atoms with Crippen molar-refractivity contribution in [3.8, 4) is 0 Å². The van der Waals surface area contributed by atoms with Gasteiger partial charge in [-0.05, 0) is 25.0 Å². The first kappa shape index (κ1) is 9.26. The Labute approximate surface area is 77.2 Å². The lowest BCUT2D eigenvalue weighted by Crippen LogP contribution is -2.03. The summed E-state index contributed by atoms with van der Waals surface area (Å²) < 4.78 is 0. The van der Waals surface area contributed by atoms with Gasteiger partial charge < -0.3 is 5.32 Å². The van der Waals surface area contributed by atoms with Gasteiger partial charge in [-0.25, -0.2) is 0 Å². The van der Waals surface area contributed by atoms with Crippen LogP contribution in [-0.4, -0.2) is 22.6 Å². The second kappa shape index (κ2) is 5.77. The van der Waals surface area contributed by atoms with Crippen LogP contribution in [0.3, 0.4) is 0 Å². The van der Waals surface area contributed by atoms with E-state index < -0.39 is 0 Å². The largest absolute Gasteiger partial charge is 0.369 e.